The van der Waals surface area contributed by atoms with Gasteiger partial charge in [0.05, 0.1) is 0 Å². The van der Waals surface area contributed by atoms with Crippen molar-refractivity contribution >= 4 is 5.78 Å². The molecule has 1 saturated carbocycles. The van der Waals surface area contributed by atoms with Gasteiger partial charge in [0.15, 0.2) is 0 Å². The van der Waals surface area contributed by atoms with Crippen molar-refractivity contribution in [3.05, 3.63) is 0 Å². The van der Waals surface area contributed by atoms with Crippen LogP contribution in [0.15, 0.2) is 0 Å². The lowest BCUT2D eigenvalue weighted by molar-refractivity contribution is -0.134. The molecule has 0 heterocycles. The van der Waals surface area contributed by atoms with Crippen molar-refractivity contribution in [3.8, 4) is 0 Å². The molecule has 82 valence electrons. The van der Waals surface area contributed by atoms with Gasteiger partial charge in [-0.15, -0.1) is 0 Å². The van der Waals surface area contributed by atoms with Gasteiger partial charge in [-0.05, 0) is 26.7 Å². The maximum Gasteiger partial charge on any atom is 0.143 e. The Kier molecular flexibility index (Phi) is 3.05. The number of hydrogen-bond acceptors (Lipinski definition) is 2. The van der Waals surface area contributed by atoms with Crippen LogP contribution in [-0.4, -0.2) is 11.3 Å². The first-order valence-corrected chi connectivity index (χ1v) is 5.60. The first-order valence-electron chi connectivity index (χ1n) is 5.60. The van der Waals surface area contributed by atoms with E-state index in [0.29, 0.717) is 5.78 Å². The summed E-state index contributed by atoms with van der Waals surface area (Å²) in [5.41, 5.74) is 5.24. The van der Waals surface area contributed by atoms with Crippen LogP contribution in [0.25, 0.3) is 0 Å². The molecule has 0 saturated heterocycles. The topological polar surface area (TPSA) is 43.1 Å². The molecule has 1 fully saturated rings. The normalized spacial score (nSPS) is 20.1. The van der Waals surface area contributed by atoms with Crippen molar-refractivity contribution < 1.29 is 4.79 Å². The molecule has 0 bridgehead atoms. The van der Waals surface area contributed by atoms with Gasteiger partial charge in [0.1, 0.15) is 5.78 Å². The van der Waals surface area contributed by atoms with Gasteiger partial charge < -0.3 is 5.73 Å². The van der Waals surface area contributed by atoms with Crippen molar-refractivity contribution in [1.29, 1.82) is 0 Å². The Bertz CT molecular complexity index is 219. The maximum absolute atomic E-state index is 12.2. The lowest BCUT2D eigenvalue weighted by atomic mass is 9.68. The SMILES string of the molecule is CC(C)(N)C(C)(C)C(=O)C1CCCC1. The number of Topliss-reactive ketones (excluding diaryl/α,β-unsaturated/α-hetero) is 1. The highest BCUT2D eigenvalue weighted by atomic mass is 16.1. The number of carbonyl (C=O) groups excluding carboxylic acids is 1. The van der Waals surface area contributed by atoms with Crippen molar-refractivity contribution in [2.75, 3.05) is 0 Å². The quantitative estimate of drug-likeness (QED) is 0.755. The summed E-state index contributed by atoms with van der Waals surface area (Å²) in [6, 6.07) is 0. The van der Waals surface area contributed by atoms with Crippen LogP contribution in [0.3, 0.4) is 0 Å². The molecule has 0 aliphatic heterocycles. The summed E-state index contributed by atoms with van der Waals surface area (Å²) in [5, 5.41) is 0. The molecule has 2 heteroatoms. The highest BCUT2D eigenvalue weighted by Gasteiger charge is 2.43. The van der Waals surface area contributed by atoms with Gasteiger partial charge in [0.25, 0.3) is 0 Å². The maximum atomic E-state index is 12.2. The van der Waals surface area contributed by atoms with Gasteiger partial charge in [0.2, 0.25) is 0 Å². The van der Waals surface area contributed by atoms with E-state index < -0.39 is 11.0 Å². The molecule has 0 aromatic carbocycles. The van der Waals surface area contributed by atoms with E-state index in [9.17, 15) is 4.79 Å². The standard InChI is InChI=1S/C12H23NO/c1-11(2,12(3,4)13)10(14)9-7-5-6-8-9/h9H,5-8,13H2,1-4H3. The van der Waals surface area contributed by atoms with Gasteiger partial charge in [-0.2, -0.15) is 0 Å². The third kappa shape index (κ3) is 2.00. The summed E-state index contributed by atoms with van der Waals surface area (Å²) in [6.45, 7) is 7.85. The van der Waals surface area contributed by atoms with Crippen LogP contribution in [-0.2, 0) is 4.79 Å². The summed E-state index contributed by atoms with van der Waals surface area (Å²) in [6.07, 6.45) is 4.55. The summed E-state index contributed by atoms with van der Waals surface area (Å²) in [7, 11) is 0. The molecule has 0 aromatic heterocycles. The summed E-state index contributed by atoms with van der Waals surface area (Å²) in [4.78, 5) is 12.2. The summed E-state index contributed by atoms with van der Waals surface area (Å²) >= 11 is 0. The summed E-state index contributed by atoms with van der Waals surface area (Å²) < 4.78 is 0. The van der Waals surface area contributed by atoms with Gasteiger partial charge in [-0.1, -0.05) is 26.7 Å². The molecule has 0 radical (unpaired) electrons. The minimum atomic E-state index is -0.424. The van der Waals surface area contributed by atoms with Crippen molar-refractivity contribution in [1.82, 2.24) is 0 Å². The lowest BCUT2D eigenvalue weighted by Gasteiger charge is -2.38. The van der Waals surface area contributed by atoms with E-state index in [0.717, 1.165) is 12.8 Å². The average molecular weight is 197 g/mol. The Morgan fingerprint density at radius 3 is 1.93 bits per heavy atom. The van der Waals surface area contributed by atoms with Crippen LogP contribution in [0.2, 0.25) is 0 Å². The fourth-order valence-corrected chi connectivity index (χ4v) is 2.02. The third-order valence-corrected chi connectivity index (χ3v) is 3.95. The average Bonchev–Trinajstić information content (AvgIpc) is 2.52. The second kappa shape index (κ2) is 3.65. The van der Waals surface area contributed by atoms with Crippen LogP contribution >= 0.6 is 0 Å². The second-order valence-electron chi connectivity index (χ2n) is 5.69. The fraction of sp³-hybridized carbons (Fsp3) is 0.917. The number of hydrogen-bond donors (Lipinski definition) is 1. The molecule has 1 aliphatic rings. The molecule has 0 unspecified atom stereocenters. The molecule has 0 spiro atoms. The van der Waals surface area contributed by atoms with E-state index >= 15 is 0 Å². The molecule has 2 nitrogen and oxygen atoms in total. The lowest BCUT2D eigenvalue weighted by Crippen LogP contribution is -2.53. The zero-order valence-corrected chi connectivity index (χ0v) is 9.89. The van der Waals surface area contributed by atoms with E-state index in [4.69, 9.17) is 5.73 Å². The summed E-state index contributed by atoms with van der Waals surface area (Å²) in [5.74, 6) is 0.635. The molecular weight excluding hydrogens is 174 g/mol. The van der Waals surface area contributed by atoms with Gasteiger partial charge in [-0.25, -0.2) is 0 Å². The molecule has 0 atom stereocenters. The van der Waals surface area contributed by atoms with Crippen LogP contribution < -0.4 is 5.73 Å². The minimum Gasteiger partial charge on any atom is -0.325 e. The Morgan fingerprint density at radius 2 is 1.57 bits per heavy atom. The smallest absolute Gasteiger partial charge is 0.143 e. The van der Waals surface area contributed by atoms with Gasteiger partial charge in [0, 0.05) is 16.9 Å². The first kappa shape index (κ1) is 11.7. The third-order valence-electron chi connectivity index (χ3n) is 3.95. The van der Waals surface area contributed by atoms with Crippen molar-refractivity contribution in [3.63, 3.8) is 0 Å². The van der Waals surface area contributed by atoms with Crippen LogP contribution in [0, 0.1) is 11.3 Å². The van der Waals surface area contributed by atoms with Crippen molar-refractivity contribution in [2.45, 2.75) is 58.9 Å². The second-order valence-corrected chi connectivity index (χ2v) is 5.69. The molecule has 0 aromatic rings. The zero-order chi connectivity index (χ0) is 11.0. The van der Waals surface area contributed by atoms with Crippen LogP contribution in [0.4, 0.5) is 0 Å². The van der Waals surface area contributed by atoms with E-state index in [1.807, 2.05) is 27.7 Å². The van der Waals surface area contributed by atoms with E-state index in [1.165, 1.54) is 12.8 Å². The largest absolute Gasteiger partial charge is 0.325 e. The highest BCUT2D eigenvalue weighted by molar-refractivity contribution is 5.87. The number of nitrogens with two attached hydrogens (primary N) is 1. The fourth-order valence-electron chi connectivity index (χ4n) is 2.02. The first-order chi connectivity index (χ1) is 6.27. The Hall–Kier alpha value is -0.370. The van der Waals surface area contributed by atoms with E-state index in [-0.39, 0.29) is 5.92 Å². The van der Waals surface area contributed by atoms with E-state index in [2.05, 4.69) is 0 Å². The monoisotopic (exact) mass is 197 g/mol. The highest BCUT2D eigenvalue weighted by Crippen LogP contribution is 2.37. The number of ketones is 1. The minimum absolute atomic E-state index is 0.271. The molecule has 14 heavy (non-hydrogen) atoms. The molecule has 0 amide bonds. The predicted molar refractivity (Wildman–Crippen MR) is 59.0 cm³/mol. The van der Waals surface area contributed by atoms with E-state index in [1.54, 1.807) is 0 Å². The van der Waals surface area contributed by atoms with Crippen molar-refractivity contribution in [2.24, 2.45) is 17.1 Å². The van der Waals surface area contributed by atoms with Crippen LogP contribution in [0.1, 0.15) is 53.4 Å². The predicted octanol–water partition coefficient (Wildman–Crippen LogP) is 2.51. The number of rotatable bonds is 3. The Morgan fingerprint density at radius 1 is 1.14 bits per heavy atom. The van der Waals surface area contributed by atoms with Gasteiger partial charge in [-0.3, -0.25) is 4.79 Å². The molecule has 1 rings (SSSR count). The Labute approximate surface area is 87.2 Å². The van der Waals surface area contributed by atoms with Gasteiger partial charge >= 0.3 is 0 Å². The number of carbonyl (C=O) groups is 1. The Balaban J connectivity index is 2.76. The zero-order valence-electron chi connectivity index (χ0n) is 9.89. The molecular formula is C12H23NO. The molecule has 2 N–H and O–H groups in total. The molecule has 1 aliphatic carbocycles. The van der Waals surface area contributed by atoms with Crippen LogP contribution in [0.5, 0.6) is 0 Å².